The summed E-state index contributed by atoms with van der Waals surface area (Å²) in [5, 5.41) is 7.26. The molecule has 1 saturated carbocycles. The lowest BCUT2D eigenvalue weighted by Crippen LogP contribution is -2.57. The lowest BCUT2D eigenvalue weighted by atomic mass is 9.83. The molecule has 1 aliphatic heterocycles. The van der Waals surface area contributed by atoms with Gasteiger partial charge in [0.1, 0.15) is 11.2 Å². The van der Waals surface area contributed by atoms with E-state index in [2.05, 4.69) is 34.0 Å². The Morgan fingerprint density at radius 2 is 2.00 bits per heavy atom. The minimum absolute atomic E-state index is 0.00658. The maximum Gasteiger partial charge on any atom is 0.439 e. The van der Waals surface area contributed by atoms with Crippen LogP contribution in [0.5, 0.6) is 0 Å². The third kappa shape index (κ3) is 4.71. The summed E-state index contributed by atoms with van der Waals surface area (Å²) in [6.07, 6.45) is 6.35. The van der Waals surface area contributed by atoms with E-state index in [1.165, 1.54) is 12.8 Å². The molecule has 210 valence electrons. The zero-order valence-electron chi connectivity index (χ0n) is 23.0. The van der Waals surface area contributed by atoms with Gasteiger partial charge in [-0.25, -0.2) is 14.8 Å². The van der Waals surface area contributed by atoms with Crippen LogP contribution >= 0.6 is 11.6 Å². The lowest BCUT2D eigenvalue weighted by molar-refractivity contribution is -0.124. The van der Waals surface area contributed by atoms with Gasteiger partial charge in [-0.05, 0) is 36.8 Å². The molecule has 3 aromatic heterocycles. The van der Waals surface area contributed by atoms with Crippen LogP contribution in [0.25, 0.3) is 34.1 Å². The minimum Gasteiger partial charge on any atom is -0.354 e. The predicted octanol–water partition coefficient (Wildman–Crippen LogP) is 4.16. The van der Waals surface area contributed by atoms with Crippen LogP contribution < -0.4 is 15.6 Å². The Labute approximate surface area is 236 Å². The van der Waals surface area contributed by atoms with Crippen LogP contribution in [0.1, 0.15) is 45.4 Å². The molecule has 1 aromatic carbocycles. The maximum absolute atomic E-state index is 13.1. The smallest absolute Gasteiger partial charge is 0.354 e. The number of aromatic nitrogens is 6. The molecule has 0 radical (unpaired) electrons. The van der Waals surface area contributed by atoms with Crippen LogP contribution in [0.2, 0.25) is 5.02 Å². The number of rotatable bonds is 6. The molecule has 6 rings (SSSR count). The fourth-order valence-corrected chi connectivity index (χ4v) is 6.67. The van der Waals surface area contributed by atoms with Crippen molar-refractivity contribution in [2.24, 2.45) is 11.8 Å². The standard InChI is InChI=1S/C28H33ClN8O3/c1-16-9-11-17(12-10-16)15-36-22-21(18-6-4-7-19(29)14-18)31-24(25-34-28(39)40-35-25)32-23(22)33-27(36)37(3)13-5-8-20(37)26(38)30-2/h4,6-7,14,16-17,20H,5,8-13,15H2,1-3H3,(H-,30,34,35,38,39)/p+1/t16?,17?,20-,37?/m0/s1. The van der Waals surface area contributed by atoms with E-state index in [9.17, 15) is 9.59 Å². The van der Waals surface area contributed by atoms with Gasteiger partial charge in [-0.3, -0.25) is 23.4 Å². The quantitative estimate of drug-likeness (QED) is 0.335. The van der Waals surface area contributed by atoms with E-state index in [1.54, 1.807) is 7.05 Å². The van der Waals surface area contributed by atoms with Gasteiger partial charge in [0.2, 0.25) is 11.6 Å². The Morgan fingerprint density at radius 3 is 2.70 bits per heavy atom. The molecule has 2 atom stereocenters. The summed E-state index contributed by atoms with van der Waals surface area (Å²) in [5.74, 6) is 1.63. The Hall–Kier alpha value is -3.57. The number of halogens is 1. The second-order valence-corrected chi connectivity index (χ2v) is 11.9. The average molecular weight is 566 g/mol. The number of nitrogens with zero attached hydrogens (tertiary/aromatic N) is 6. The first-order chi connectivity index (χ1) is 19.3. The number of aromatic amines is 1. The van der Waals surface area contributed by atoms with E-state index in [0.717, 1.165) is 61.7 Å². The van der Waals surface area contributed by atoms with Crippen molar-refractivity contribution in [2.75, 3.05) is 20.6 Å². The predicted molar refractivity (Wildman–Crippen MR) is 153 cm³/mol. The second kappa shape index (κ2) is 10.4. The van der Waals surface area contributed by atoms with Gasteiger partial charge in [0.05, 0.1) is 13.6 Å². The maximum atomic E-state index is 13.1. The van der Waals surface area contributed by atoms with E-state index in [1.807, 2.05) is 24.3 Å². The number of hydrogen-bond donors (Lipinski definition) is 2. The van der Waals surface area contributed by atoms with Gasteiger partial charge in [-0.2, -0.15) is 4.98 Å². The van der Waals surface area contributed by atoms with Crippen molar-refractivity contribution in [1.29, 1.82) is 0 Å². The number of fused-ring (bicyclic) bond motifs is 1. The molecule has 11 nitrogen and oxygen atoms in total. The molecule has 1 amide bonds. The van der Waals surface area contributed by atoms with Gasteiger partial charge in [0.25, 0.3) is 5.91 Å². The number of likely N-dealkylation sites (N-methyl/N-ethyl adjacent to an activating group) is 2. The fourth-order valence-electron chi connectivity index (χ4n) is 6.48. The molecule has 0 spiro atoms. The Kier molecular flexibility index (Phi) is 6.95. The number of carbonyl (C=O) groups is 1. The number of carbonyl (C=O) groups excluding carboxylic acids is 1. The topological polar surface area (TPSA) is 132 Å². The monoisotopic (exact) mass is 565 g/mol. The molecular weight excluding hydrogens is 532 g/mol. The summed E-state index contributed by atoms with van der Waals surface area (Å²) in [7, 11) is 3.78. The first-order valence-corrected chi connectivity index (χ1v) is 14.3. The van der Waals surface area contributed by atoms with E-state index in [0.29, 0.717) is 26.8 Å². The number of imidazole rings is 1. The highest BCUT2D eigenvalue weighted by molar-refractivity contribution is 6.30. The molecule has 0 bridgehead atoms. The fraction of sp³-hybridized carbons (Fsp3) is 0.500. The number of likely N-dealkylation sites (tertiary alicyclic amines) is 1. The second-order valence-electron chi connectivity index (χ2n) is 11.4. The average Bonchev–Trinajstić information content (AvgIpc) is 3.66. The summed E-state index contributed by atoms with van der Waals surface area (Å²) >= 11 is 6.43. The Morgan fingerprint density at radius 1 is 1.20 bits per heavy atom. The van der Waals surface area contributed by atoms with E-state index in [4.69, 9.17) is 31.1 Å². The van der Waals surface area contributed by atoms with Crippen molar-refractivity contribution in [3.63, 3.8) is 0 Å². The minimum atomic E-state index is -0.690. The van der Waals surface area contributed by atoms with Crippen molar-refractivity contribution in [1.82, 2.24) is 39.5 Å². The highest BCUT2D eigenvalue weighted by Gasteiger charge is 2.48. The van der Waals surface area contributed by atoms with Crippen LogP contribution in [-0.2, 0) is 11.3 Å². The van der Waals surface area contributed by atoms with Crippen molar-refractivity contribution in [2.45, 2.75) is 58.0 Å². The number of benzene rings is 1. The van der Waals surface area contributed by atoms with E-state index >= 15 is 0 Å². The molecule has 2 fully saturated rings. The molecule has 4 aromatic rings. The number of nitrogens with one attached hydrogen (secondary N) is 2. The number of quaternary nitrogens is 1. The molecule has 4 heterocycles. The summed E-state index contributed by atoms with van der Waals surface area (Å²) in [6, 6.07) is 7.24. The van der Waals surface area contributed by atoms with E-state index in [-0.39, 0.29) is 23.6 Å². The Bertz CT molecular complexity index is 1620. The van der Waals surface area contributed by atoms with Crippen molar-refractivity contribution < 1.29 is 9.32 Å². The number of H-pyrrole nitrogens is 1. The molecule has 12 heteroatoms. The molecule has 2 N–H and O–H groups in total. The first kappa shape index (κ1) is 26.6. The van der Waals surface area contributed by atoms with Crippen molar-refractivity contribution >= 4 is 34.6 Å². The summed E-state index contributed by atoms with van der Waals surface area (Å²) in [5.41, 5.74) is 2.69. The van der Waals surface area contributed by atoms with E-state index < -0.39 is 5.76 Å². The van der Waals surface area contributed by atoms with Crippen LogP contribution in [-0.4, -0.2) is 62.2 Å². The van der Waals surface area contributed by atoms with Gasteiger partial charge in [-0.15, -0.1) is 0 Å². The molecular formula is C28H34ClN8O3+. The van der Waals surface area contributed by atoms with Crippen LogP contribution in [0, 0.1) is 11.8 Å². The molecule has 40 heavy (non-hydrogen) atoms. The zero-order chi connectivity index (χ0) is 28.0. The van der Waals surface area contributed by atoms with Gasteiger partial charge >= 0.3 is 11.7 Å². The van der Waals surface area contributed by atoms with Crippen LogP contribution in [0.15, 0.2) is 33.6 Å². The lowest BCUT2D eigenvalue weighted by Gasteiger charge is -2.34. The van der Waals surface area contributed by atoms with Gasteiger partial charge in [-0.1, -0.05) is 48.7 Å². The number of hydrogen-bond acceptors (Lipinski definition) is 7. The molecule has 2 aliphatic rings. The Balaban J connectivity index is 1.61. The largest absolute Gasteiger partial charge is 0.439 e. The van der Waals surface area contributed by atoms with Gasteiger partial charge in [0.15, 0.2) is 11.7 Å². The SMILES string of the molecule is CNC(=O)[C@@H]1CCC[N+]1(C)c1nc2nc(-c3noc(=O)[nH]3)nc(-c3cccc(Cl)c3)c2n1CC1CCC(C)CC1. The van der Waals surface area contributed by atoms with Gasteiger partial charge < -0.3 is 5.32 Å². The summed E-state index contributed by atoms with van der Waals surface area (Å²) < 4.78 is 7.38. The normalized spacial score (nSPS) is 24.9. The summed E-state index contributed by atoms with van der Waals surface area (Å²) in [4.78, 5) is 42.2. The van der Waals surface area contributed by atoms with Gasteiger partial charge in [0, 0.05) is 37.0 Å². The summed E-state index contributed by atoms with van der Waals surface area (Å²) in [6.45, 7) is 3.86. The van der Waals surface area contributed by atoms with Crippen LogP contribution in [0.4, 0.5) is 5.95 Å². The van der Waals surface area contributed by atoms with Crippen molar-refractivity contribution in [3.05, 3.63) is 39.8 Å². The van der Waals surface area contributed by atoms with Crippen molar-refractivity contribution in [3.8, 4) is 22.9 Å². The number of amides is 1. The molecule has 1 unspecified atom stereocenters. The highest BCUT2D eigenvalue weighted by Crippen LogP contribution is 2.40. The molecule has 1 saturated heterocycles. The zero-order valence-corrected chi connectivity index (χ0v) is 23.7. The highest BCUT2D eigenvalue weighted by atomic mass is 35.5. The first-order valence-electron chi connectivity index (χ1n) is 13.9. The van der Waals surface area contributed by atoms with Crippen LogP contribution in [0.3, 0.4) is 0 Å². The molecule has 1 aliphatic carbocycles. The third-order valence-corrected chi connectivity index (χ3v) is 8.94. The third-order valence-electron chi connectivity index (χ3n) is 8.70.